The van der Waals surface area contributed by atoms with Gasteiger partial charge >= 0.3 is 0 Å². The maximum atomic E-state index is 10.1. The summed E-state index contributed by atoms with van der Waals surface area (Å²) >= 11 is 13.1. The molecule has 0 saturated heterocycles. The van der Waals surface area contributed by atoms with E-state index in [2.05, 4.69) is 0 Å². The first-order valence-electron chi connectivity index (χ1n) is 3.68. The summed E-state index contributed by atoms with van der Waals surface area (Å²) in [6, 6.07) is 5.40. The number of thioether (sulfide) groups is 1. The van der Waals surface area contributed by atoms with Gasteiger partial charge in [-0.25, -0.2) is 0 Å². The molecule has 0 amide bonds. The van der Waals surface area contributed by atoms with Crippen LogP contribution >= 0.6 is 35.0 Å². The van der Waals surface area contributed by atoms with Crippen LogP contribution in [0.3, 0.4) is 0 Å². The van der Waals surface area contributed by atoms with Crippen molar-refractivity contribution in [1.82, 2.24) is 0 Å². The number of rotatable bonds is 4. The predicted molar refractivity (Wildman–Crippen MR) is 58.7 cm³/mol. The summed E-state index contributed by atoms with van der Waals surface area (Å²) in [7, 11) is 0. The molecule has 0 unspecified atom stereocenters. The Hall–Kier alpha value is -0.180. The number of hydrogen-bond acceptors (Lipinski definition) is 2. The fourth-order valence-corrected chi connectivity index (χ4v) is 2.11. The van der Waals surface area contributed by atoms with Gasteiger partial charge in [-0.1, -0.05) is 23.2 Å². The molecule has 0 saturated carbocycles. The zero-order valence-electron chi connectivity index (χ0n) is 6.80. The molecule has 0 atom stereocenters. The maximum absolute atomic E-state index is 10.1. The van der Waals surface area contributed by atoms with Crippen molar-refractivity contribution in [1.29, 1.82) is 0 Å². The highest BCUT2D eigenvalue weighted by Gasteiger charge is 1.97. The van der Waals surface area contributed by atoms with E-state index >= 15 is 0 Å². The number of carbonyl (C=O) groups is 1. The molecule has 0 aromatic heterocycles. The van der Waals surface area contributed by atoms with Gasteiger partial charge in [0.15, 0.2) is 0 Å². The Morgan fingerprint density at radius 1 is 1.23 bits per heavy atom. The standard InChI is InChI=1S/C9H8Cl2OS/c10-8-3-7(4-9(11)5-8)6-13-2-1-12/h1,3-5H,2,6H2. The molecular formula is C9H8Cl2OS. The number of aldehydes is 1. The summed E-state index contributed by atoms with van der Waals surface area (Å²) in [6.07, 6.45) is 0.886. The molecular weight excluding hydrogens is 227 g/mol. The zero-order valence-corrected chi connectivity index (χ0v) is 9.12. The van der Waals surface area contributed by atoms with Crippen molar-refractivity contribution in [3.8, 4) is 0 Å². The van der Waals surface area contributed by atoms with Gasteiger partial charge in [0, 0.05) is 21.6 Å². The van der Waals surface area contributed by atoms with Crippen LogP contribution in [-0.2, 0) is 10.5 Å². The topological polar surface area (TPSA) is 17.1 Å². The first-order valence-corrected chi connectivity index (χ1v) is 5.60. The first kappa shape index (κ1) is 10.9. The highest BCUT2D eigenvalue weighted by Crippen LogP contribution is 2.21. The van der Waals surface area contributed by atoms with E-state index in [0.717, 1.165) is 17.6 Å². The molecule has 0 N–H and O–H groups in total. The van der Waals surface area contributed by atoms with Crippen LogP contribution in [0.1, 0.15) is 5.56 Å². The van der Waals surface area contributed by atoms with E-state index in [0.29, 0.717) is 15.8 Å². The van der Waals surface area contributed by atoms with Crippen molar-refractivity contribution in [3.05, 3.63) is 33.8 Å². The molecule has 0 bridgehead atoms. The number of carbonyl (C=O) groups excluding carboxylic acids is 1. The van der Waals surface area contributed by atoms with Crippen LogP contribution in [0.2, 0.25) is 10.0 Å². The summed E-state index contributed by atoms with van der Waals surface area (Å²) < 4.78 is 0. The molecule has 70 valence electrons. The lowest BCUT2D eigenvalue weighted by molar-refractivity contribution is -0.105. The summed E-state index contributed by atoms with van der Waals surface area (Å²) in [5.41, 5.74) is 1.05. The van der Waals surface area contributed by atoms with Gasteiger partial charge in [0.1, 0.15) is 6.29 Å². The Morgan fingerprint density at radius 2 is 1.85 bits per heavy atom. The van der Waals surface area contributed by atoms with Gasteiger partial charge in [0.25, 0.3) is 0 Å². The van der Waals surface area contributed by atoms with Crippen molar-refractivity contribution in [2.75, 3.05) is 5.75 Å². The minimum atomic E-state index is 0.504. The van der Waals surface area contributed by atoms with Crippen LogP contribution in [0.4, 0.5) is 0 Å². The second-order valence-electron chi connectivity index (χ2n) is 2.46. The van der Waals surface area contributed by atoms with Gasteiger partial charge in [-0.2, -0.15) is 0 Å². The molecule has 4 heteroatoms. The summed E-state index contributed by atoms with van der Waals surface area (Å²) in [6.45, 7) is 0. The average molecular weight is 235 g/mol. The maximum Gasteiger partial charge on any atom is 0.129 e. The lowest BCUT2D eigenvalue weighted by atomic mass is 10.2. The van der Waals surface area contributed by atoms with Gasteiger partial charge in [-0.3, -0.25) is 0 Å². The smallest absolute Gasteiger partial charge is 0.129 e. The van der Waals surface area contributed by atoms with Crippen molar-refractivity contribution in [2.24, 2.45) is 0 Å². The van der Waals surface area contributed by atoms with Gasteiger partial charge < -0.3 is 4.79 Å². The fraction of sp³-hybridized carbons (Fsp3) is 0.222. The van der Waals surface area contributed by atoms with Gasteiger partial charge in [0.2, 0.25) is 0 Å². The van der Waals surface area contributed by atoms with Crippen LogP contribution in [0.15, 0.2) is 18.2 Å². The van der Waals surface area contributed by atoms with Crippen LogP contribution < -0.4 is 0 Å². The quantitative estimate of drug-likeness (QED) is 0.587. The van der Waals surface area contributed by atoms with E-state index in [1.165, 1.54) is 11.8 Å². The molecule has 1 nitrogen and oxygen atoms in total. The van der Waals surface area contributed by atoms with Crippen LogP contribution in [0, 0.1) is 0 Å². The van der Waals surface area contributed by atoms with E-state index in [1.54, 1.807) is 6.07 Å². The SMILES string of the molecule is O=CCSCc1cc(Cl)cc(Cl)c1. The summed E-state index contributed by atoms with van der Waals surface area (Å²) in [5.74, 6) is 1.27. The van der Waals surface area contributed by atoms with Crippen molar-refractivity contribution in [2.45, 2.75) is 5.75 Å². The fourth-order valence-electron chi connectivity index (χ4n) is 0.919. The highest BCUT2D eigenvalue weighted by atomic mass is 35.5. The lowest BCUT2D eigenvalue weighted by Gasteiger charge is -2.00. The van der Waals surface area contributed by atoms with Crippen LogP contribution in [-0.4, -0.2) is 12.0 Å². The highest BCUT2D eigenvalue weighted by molar-refractivity contribution is 7.99. The molecule has 0 spiro atoms. The van der Waals surface area contributed by atoms with Crippen LogP contribution in [0.5, 0.6) is 0 Å². The Labute approximate surface area is 91.4 Å². The molecule has 0 aliphatic heterocycles. The first-order chi connectivity index (χ1) is 6.22. The van der Waals surface area contributed by atoms with Crippen molar-refractivity contribution in [3.63, 3.8) is 0 Å². The normalized spacial score (nSPS) is 10.0. The third kappa shape index (κ3) is 4.03. The molecule has 0 aliphatic rings. The molecule has 13 heavy (non-hydrogen) atoms. The largest absolute Gasteiger partial charge is 0.302 e. The van der Waals surface area contributed by atoms with E-state index in [9.17, 15) is 4.79 Å². The Balaban J connectivity index is 2.60. The number of hydrogen-bond donors (Lipinski definition) is 0. The minimum absolute atomic E-state index is 0.504. The Kier molecular flexibility index (Phi) is 4.64. The van der Waals surface area contributed by atoms with E-state index in [-0.39, 0.29) is 0 Å². The summed E-state index contributed by atoms with van der Waals surface area (Å²) in [4.78, 5) is 10.1. The van der Waals surface area contributed by atoms with Gasteiger partial charge in [0.05, 0.1) is 0 Å². The van der Waals surface area contributed by atoms with E-state index in [4.69, 9.17) is 23.2 Å². The second kappa shape index (κ2) is 5.53. The Morgan fingerprint density at radius 3 is 2.38 bits per heavy atom. The number of benzene rings is 1. The third-order valence-corrected chi connectivity index (χ3v) is 2.72. The molecule has 0 fully saturated rings. The molecule has 1 rings (SSSR count). The number of halogens is 2. The van der Waals surface area contributed by atoms with E-state index < -0.39 is 0 Å². The van der Waals surface area contributed by atoms with Crippen LogP contribution in [0.25, 0.3) is 0 Å². The van der Waals surface area contributed by atoms with Crippen molar-refractivity contribution >= 4 is 41.2 Å². The summed E-state index contributed by atoms with van der Waals surface area (Å²) in [5, 5.41) is 1.27. The molecule has 0 radical (unpaired) electrons. The molecule has 1 aromatic carbocycles. The lowest BCUT2D eigenvalue weighted by Crippen LogP contribution is -1.84. The van der Waals surface area contributed by atoms with Crippen molar-refractivity contribution < 1.29 is 4.79 Å². The minimum Gasteiger partial charge on any atom is -0.302 e. The average Bonchev–Trinajstić information content (AvgIpc) is 2.03. The van der Waals surface area contributed by atoms with E-state index in [1.807, 2.05) is 12.1 Å². The monoisotopic (exact) mass is 234 g/mol. The molecule has 1 aromatic rings. The molecule has 0 heterocycles. The Bertz CT molecular complexity index is 281. The predicted octanol–water partition coefficient (Wildman–Crippen LogP) is 3.43. The van der Waals surface area contributed by atoms with Gasteiger partial charge in [-0.05, 0) is 23.8 Å². The molecule has 0 aliphatic carbocycles. The zero-order chi connectivity index (χ0) is 9.68. The third-order valence-electron chi connectivity index (χ3n) is 1.38. The second-order valence-corrected chi connectivity index (χ2v) is 4.36. The van der Waals surface area contributed by atoms with Gasteiger partial charge in [-0.15, -0.1) is 11.8 Å².